The molecule has 8 heteroatoms. The van der Waals surface area contributed by atoms with E-state index in [1.54, 1.807) is 24.4 Å². The van der Waals surface area contributed by atoms with E-state index in [4.69, 9.17) is 0 Å². The van der Waals surface area contributed by atoms with Crippen molar-refractivity contribution < 1.29 is 9.72 Å². The molecule has 0 fully saturated rings. The third kappa shape index (κ3) is 4.18. The highest BCUT2D eigenvalue weighted by atomic mass is 79.9. The highest BCUT2D eigenvalue weighted by Crippen LogP contribution is 2.11. The first-order chi connectivity index (χ1) is 10.1. The number of carbonyl (C=O) groups is 1. The number of aromatic nitrogens is 1. The van der Waals surface area contributed by atoms with Gasteiger partial charge < -0.3 is 0 Å². The molecule has 1 aromatic heterocycles. The summed E-state index contributed by atoms with van der Waals surface area (Å²) in [5, 5.41) is 14.4. The maximum absolute atomic E-state index is 11.8. The van der Waals surface area contributed by atoms with Crippen molar-refractivity contribution in [1.29, 1.82) is 0 Å². The maximum Gasteiger partial charge on any atom is 0.272 e. The molecule has 0 saturated heterocycles. The van der Waals surface area contributed by atoms with Crippen LogP contribution in [0.3, 0.4) is 0 Å². The number of halogens is 1. The summed E-state index contributed by atoms with van der Waals surface area (Å²) in [6, 6.07) is 7.52. The highest BCUT2D eigenvalue weighted by Gasteiger charge is 2.06. The third-order valence-electron chi connectivity index (χ3n) is 2.43. The molecule has 0 atom stereocenters. The van der Waals surface area contributed by atoms with Crippen LogP contribution in [0.4, 0.5) is 5.69 Å². The summed E-state index contributed by atoms with van der Waals surface area (Å²) in [6.07, 6.45) is 4.29. The molecule has 0 aliphatic rings. The molecule has 2 rings (SSSR count). The highest BCUT2D eigenvalue weighted by molar-refractivity contribution is 9.10. The zero-order valence-electron chi connectivity index (χ0n) is 10.6. The fourth-order valence-corrected chi connectivity index (χ4v) is 1.85. The van der Waals surface area contributed by atoms with Crippen molar-refractivity contribution in [3.8, 4) is 0 Å². The van der Waals surface area contributed by atoms with Crippen LogP contribution >= 0.6 is 15.9 Å². The average Bonchev–Trinajstić information content (AvgIpc) is 2.47. The molecule has 0 aliphatic carbocycles. The van der Waals surface area contributed by atoms with Crippen LogP contribution in [-0.4, -0.2) is 22.0 Å². The number of pyridine rings is 1. The molecule has 1 aromatic carbocycles. The molecule has 106 valence electrons. The quantitative estimate of drug-likeness (QED) is 0.521. The standard InChI is InChI=1S/C13H9BrN4O3/c14-11-5-10(7-15-8-11)13(19)17-16-6-9-2-1-3-12(4-9)18(20)21/h1-8H,(H,17,19). The average molecular weight is 349 g/mol. The molecule has 1 N–H and O–H groups in total. The van der Waals surface area contributed by atoms with E-state index in [2.05, 4.69) is 31.4 Å². The Morgan fingerprint density at radius 1 is 1.38 bits per heavy atom. The number of hydrogen-bond donors (Lipinski definition) is 1. The van der Waals surface area contributed by atoms with Crippen LogP contribution < -0.4 is 5.43 Å². The van der Waals surface area contributed by atoms with Gasteiger partial charge in [0.25, 0.3) is 11.6 Å². The molecule has 0 radical (unpaired) electrons. The van der Waals surface area contributed by atoms with Gasteiger partial charge in [0.1, 0.15) is 0 Å². The van der Waals surface area contributed by atoms with Gasteiger partial charge in [0.2, 0.25) is 0 Å². The van der Waals surface area contributed by atoms with Crippen LogP contribution in [0.1, 0.15) is 15.9 Å². The predicted octanol–water partition coefficient (Wildman–Crippen LogP) is 2.52. The molecule has 0 bridgehead atoms. The topological polar surface area (TPSA) is 97.5 Å². The Kier molecular flexibility index (Phi) is 4.72. The van der Waals surface area contributed by atoms with E-state index in [-0.39, 0.29) is 5.69 Å². The summed E-state index contributed by atoms with van der Waals surface area (Å²) >= 11 is 3.21. The van der Waals surface area contributed by atoms with Crippen molar-refractivity contribution in [2.75, 3.05) is 0 Å². The molecule has 0 saturated carbocycles. The molecular formula is C13H9BrN4O3. The van der Waals surface area contributed by atoms with E-state index >= 15 is 0 Å². The molecule has 2 aromatic rings. The second-order valence-electron chi connectivity index (χ2n) is 3.94. The molecule has 21 heavy (non-hydrogen) atoms. The third-order valence-corrected chi connectivity index (χ3v) is 2.86. The number of nitrogens with one attached hydrogen (secondary N) is 1. The number of carbonyl (C=O) groups excluding carboxylic acids is 1. The van der Waals surface area contributed by atoms with Crippen LogP contribution in [0.2, 0.25) is 0 Å². The number of amides is 1. The molecule has 0 unspecified atom stereocenters. The van der Waals surface area contributed by atoms with Gasteiger partial charge in [-0.2, -0.15) is 5.10 Å². The minimum absolute atomic E-state index is 0.0403. The Morgan fingerprint density at radius 3 is 2.90 bits per heavy atom. The fourth-order valence-electron chi connectivity index (χ4n) is 1.48. The Hall–Kier alpha value is -2.61. The van der Waals surface area contributed by atoms with Crippen LogP contribution in [0.25, 0.3) is 0 Å². The second kappa shape index (κ2) is 6.71. The predicted molar refractivity (Wildman–Crippen MR) is 80.1 cm³/mol. The summed E-state index contributed by atoms with van der Waals surface area (Å²) in [6.45, 7) is 0. The minimum Gasteiger partial charge on any atom is -0.267 e. The van der Waals surface area contributed by atoms with Gasteiger partial charge in [0, 0.05) is 34.6 Å². The molecule has 0 spiro atoms. The van der Waals surface area contributed by atoms with Crippen molar-refractivity contribution in [2.24, 2.45) is 5.10 Å². The minimum atomic E-state index is -0.497. The van der Waals surface area contributed by atoms with Gasteiger partial charge in [0.05, 0.1) is 16.7 Å². The zero-order chi connectivity index (χ0) is 15.2. The number of rotatable bonds is 4. The van der Waals surface area contributed by atoms with E-state index in [0.717, 1.165) is 0 Å². The second-order valence-corrected chi connectivity index (χ2v) is 4.86. The van der Waals surface area contributed by atoms with Gasteiger partial charge in [-0.1, -0.05) is 12.1 Å². The number of non-ortho nitro benzene ring substituents is 1. The zero-order valence-corrected chi connectivity index (χ0v) is 12.1. The number of nitro benzene ring substituents is 1. The van der Waals surface area contributed by atoms with Crippen LogP contribution in [0.15, 0.2) is 52.3 Å². The lowest BCUT2D eigenvalue weighted by Gasteiger charge is -1.99. The van der Waals surface area contributed by atoms with Crippen LogP contribution in [-0.2, 0) is 0 Å². The Bertz CT molecular complexity index is 718. The van der Waals surface area contributed by atoms with Gasteiger partial charge >= 0.3 is 0 Å². The summed E-state index contributed by atoms with van der Waals surface area (Å²) < 4.78 is 0.679. The van der Waals surface area contributed by atoms with E-state index in [0.29, 0.717) is 15.6 Å². The van der Waals surface area contributed by atoms with Crippen LogP contribution in [0, 0.1) is 10.1 Å². The number of hydrazone groups is 1. The molecule has 1 heterocycles. The Labute approximate surface area is 128 Å². The van der Waals surface area contributed by atoms with Gasteiger partial charge in [-0.25, -0.2) is 5.43 Å². The summed E-state index contributed by atoms with van der Waals surface area (Å²) in [5.74, 6) is -0.425. The molecule has 0 aliphatic heterocycles. The number of nitro groups is 1. The lowest BCUT2D eigenvalue weighted by molar-refractivity contribution is -0.384. The maximum atomic E-state index is 11.8. The van der Waals surface area contributed by atoms with Crippen molar-refractivity contribution in [2.45, 2.75) is 0 Å². The largest absolute Gasteiger partial charge is 0.272 e. The van der Waals surface area contributed by atoms with Gasteiger partial charge in [-0.15, -0.1) is 0 Å². The first-order valence-corrected chi connectivity index (χ1v) is 6.54. The summed E-state index contributed by atoms with van der Waals surface area (Å²) in [4.78, 5) is 25.8. The van der Waals surface area contributed by atoms with E-state index in [9.17, 15) is 14.9 Å². The first-order valence-electron chi connectivity index (χ1n) is 5.74. The lowest BCUT2D eigenvalue weighted by Crippen LogP contribution is -2.17. The number of hydrogen-bond acceptors (Lipinski definition) is 5. The molecular weight excluding hydrogens is 340 g/mol. The normalized spacial score (nSPS) is 10.5. The van der Waals surface area contributed by atoms with Gasteiger partial charge in [-0.05, 0) is 22.0 Å². The fraction of sp³-hybridized carbons (Fsp3) is 0. The number of nitrogens with zero attached hydrogens (tertiary/aromatic N) is 3. The molecule has 7 nitrogen and oxygen atoms in total. The lowest BCUT2D eigenvalue weighted by atomic mass is 10.2. The number of benzene rings is 1. The summed E-state index contributed by atoms with van der Waals surface area (Å²) in [5.41, 5.74) is 3.14. The van der Waals surface area contributed by atoms with Crippen molar-refractivity contribution in [1.82, 2.24) is 10.4 Å². The van der Waals surface area contributed by atoms with E-state index in [1.165, 1.54) is 24.5 Å². The Balaban J connectivity index is 2.04. The van der Waals surface area contributed by atoms with Crippen molar-refractivity contribution >= 4 is 33.7 Å². The van der Waals surface area contributed by atoms with Crippen molar-refractivity contribution in [3.05, 3.63) is 68.4 Å². The van der Waals surface area contributed by atoms with Crippen molar-refractivity contribution in [3.63, 3.8) is 0 Å². The molecule has 1 amide bonds. The van der Waals surface area contributed by atoms with Crippen LogP contribution in [0.5, 0.6) is 0 Å². The smallest absolute Gasteiger partial charge is 0.267 e. The van der Waals surface area contributed by atoms with Gasteiger partial charge in [0.15, 0.2) is 0 Å². The first kappa shape index (κ1) is 14.8. The monoisotopic (exact) mass is 348 g/mol. The summed E-state index contributed by atoms with van der Waals surface area (Å²) in [7, 11) is 0. The Morgan fingerprint density at radius 2 is 2.19 bits per heavy atom. The SMILES string of the molecule is O=C(NN=Cc1cccc([N+](=O)[O-])c1)c1cncc(Br)c1. The van der Waals surface area contributed by atoms with Gasteiger partial charge in [-0.3, -0.25) is 19.9 Å². The van der Waals surface area contributed by atoms with E-state index < -0.39 is 10.8 Å². The van der Waals surface area contributed by atoms with E-state index in [1.807, 2.05) is 0 Å².